The molecule has 2 aliphatic rings. The highest BCUT2D eigenvalue weighted by molar-refractivity contribution is 6.29. The first-order chi connectivity index (χ1) is 37.2. The first kappa shape index (κ1) is 41.8. The first-order valence-corrected chi connectivity index (χ1v) is 26.1. The van der Waals surface area contributed by atoms with Crippen LogP contribution in [0.1, 0.15) is 22.3 Å². The van der Waals surface area contributed by atoms with E-state index in [-0.39, 0.29) is 0 Å². The Kier molecular flexibility index (Phi) is 8.99. The fourth-order valence-corrected chi connectivity index (χ4v) is 13.5. The molecule has 16 rings (SSSR count). The second kappa shape index (κ2) is 16.1. The Labute approximate surface area is 435 Å². The van der Waals surface area contributed by atoms with Crippen LogP contribution >= 0.6 is 0 Å². The molecule has 0 amide bonds. The van der Waals surface area contributed by atoms with Crippen molar-refractivity contribution >= 4 is 71.2 Å². The zero-order chi connectivity index (χ0) is 49.2. The highest BCUT2D eigenvalue weighted by atomic mass is 15.1. The largest absolute Gasteiger partial charge is 0.310 e. The molecule has 0 bridgehead atoms. The lowest BCUT2D eigenvalue weighted by molar-refractivity contribution is 0.793. The molecule has 0 aliphatic heterocycles. The normalized spacial score (nSPS) is 12.9. The summed E-state index contributed by atoms with van der Waals surface area (Å²) in [6.45, 7) is 0. The number of hydrogen-bond acceptors (Lipinski definition) is 1. The molecule has 75 heavy (non-hydrogen) atoms. The van der Waals surface area contributed by atoms with E-state index in [0.29, 0.717) is 0 Å². The number of para-hydroxylation sites is 2. The number of fused-ring (bicyclic) bond motifs is 19. The van der Waals surface area contributed by atoms with Crippen LogP contribution in [-0.4, -0.2) is 4.57 Å². The lowest BCUT2D eigenvalue weighted by atomic mass is 9.70. The summed E-state index contributed by atoms with van der Waals surface area (Å²) in [6.07, 6.45) is 0. The SMILES string of the molecule is c1ccc(-n2c3ccccc3c3ccc(-c4cccc(-c5ccc(N(c6ccc7c(c6)C6(c8ccccc8-c8ccccc86)c6ccccc6-7)c6cccc7c8ccccc8c8ccccc8c67)cc5)c4)cc32)cc1. The molecule has 1 heterocycles. The summed E-state index contributed by atoms with van der Waals surface area (Å²) < 4.78 is 2.40. The van der Waals surface area contributed by atoms with Crippen LogP contribution in [0.4, 0.5) is 17.1 Å². The van der Waals surface area contributed by atoms with Gasteiger partial charge in [-0.15, -0.1) is 0 Å². The van der Waals surface area contributed by atoms with E-state index in [9.17, 15) is 0 Å². The highest BCUT2D eigenvalue weighted by Crippen LogP contribution is 2.63. The molecule has 2 nitrogen and oxygen atoms in total. The number of nitrogens with zero attached hydrogens (tertiary/aromatic N) is 2. The van der Waals surface area contributed by atoms with Gasteiger partial charge in [-0.3, -0.25) is 0 Å². The van der Waals surface area contributed by atoms with Gasteiger partial charge >= 0.3 is 0 Å². The number of benzene rings is 13. The van der Waals surface area contributed by atoms with E-state index < -0.39 is 5.41 Å². The van der Waals surface area contributed by atoms with E-state index in [1.807, 2.05) is 0 Å². The van der Waals surface area contributed by atoms with Crippen molar-refractivity contribution in [2.45, 2.75) is 5.41 Å². The van der Waals surface area contributed by atoms with Gasteiger partial charge in [-0.1, -0.05) is 218 Å². The number of rotatable bonds is 6. The Morgan fingerprint density at radius 2 is 0.733 bits per heavy atom. The summed E-state index contributed by atoms with van der Waals surface area (Å²) in [5.41, 5.74) is 21.7. The van der Waals surface area contributed by atoms with Crippen LogP contribution in [-0.2, 0) is 5.41 Å². The van der Waals surface area contributed by atoms with Crippen molar-refractivity contribution in [2.24, 2.45) is 0 Å². The van der Waals surface area contributed by atoms with E-state index in [4.69, 9.17) is 0 Å². The number of anilines is 3. The van der Waals surface area contributed by atoms with Crippen LogP contribution in [0, 0.1) is 0 Å². The second-order valence-electron chi connectivity index (χ2n) is 20.3. The third kappa shape index (κ3) is 5.97. The van der Waals surface area contributed by atoms with Gasteiger partial charge in [0, 0.05) is 33.2 Å². The predicted molar refractivity (Wildman–Crippen MR) is 315 cm³/mol. The Morgan fingerprint density at radius 1 is 0.267 bits per heavy atom. The number of aromatic nitrogens is 1. The summed E-state index contributed by atoms with van der Waals surface area (Å²) in [6, 6.07) is 104. The van der Waals surface area contributed by atoms with Gasteiger partial charge in [-0.05, 0) is 154 Å². The fraction of sp³-hybridized carbons (Fsp3) is 0.0137. The van der Waals surface area contributed by atoms with Crippen molar-refractivity contribution in [2.75, 3.05) is 4.90 Å². The van der Waals surface area contributed by atoms with Gasteiger partial charge in [-0.2, -0.15) is 0 Å². The van der Waals surface area contributed by atoms with Crippen LogP contribution in [0.25, 0.3) is 104 Å². The molecule has 1 aromatic heterocycles. The predicted octanol–water partition coefficient (Wildman–Crippen LogP) is 19.4. The maximum atomic E-state index is 2.52. The van der Waals surface area contributed by atoms with E-state index in [2.05, 4.69) is 289 Å². The molecule has 2 aliphatic carbocycles. The minimum atomic E-state index is -0.472. The molecule has 0 radical (unpaired) electrons. The lowest BCUT2D eigenvalue weighted by Crippen LogP contribution is -2.26. The van der Waals surface area contributed by atoms with Crippen molar-refractivity contribution in [1.29, 1.82) is 0 Å². The molecule has 14 aromatic rings. The van der Waals surface area contributed by atoms with Gasteiger partial charge in [-0.25, -0.2) is 0 Å². The van der Waals surface area contributed by atoms with Gasteiger partial charge in [0.25, 0.3) is 0 Å². The first-order valence-electron chi connectivity index (χ1n) is 26.1. The number of hydrogen-bond donors (Lipinski definition) is 0. The monoisotopic (exact) mass is 950 g/mol. The smallest absolute Gasteiger partial charge is 0.0726 e. The summed E-state index contributed by atoms with van der Waals surface area (Å²) in [5.74, 6) is 0. The third-order valence-corrected chi connectivity index (χ3v) is 16.6. The van der Waals surface area contributed by atoms with E-state index in [0.717, 1.165) is 28.3 Å². The summed E-state index contributed by atoms with van der Waals surface area (Å²) in [4.78, 5) is 2.52. The van der Waals surface area contributed by atoms with Crippen molar-refractivity contribution in [3.63, 3.8) is 0 Å². The quantitative estimate of drug-likeness (QED) is 0.151. The minimum Gasteiger partial charge on any atom is -0.310 e. The molecule has 0 saturated heterocycles. The van der Waals surface area contributed by atoms with Crippen molar-refractivity contribution in [1.82, 2.24) is 4.57 Å². The molecule has 13 aromatic carbocycles. The molecule has 2 heteroatoms. The Bertz CT molecular complexity index is 4550. The van der Waals surface area contributed by atoms with Gasteiger partial charge in [0.2, 0.25) is 0 Å². The van der Waals surface area contributed by atoms with E-state index in [1.54, 1.807) is 0 Å². The van der Waals surface area contributed by atoms with Crippen LogP contribution in [0.2, 0.25) is 0 Å². The Morgan fingerprint density at radius 3 is 1.40 bits per heavy atom. The molecule has 0 fully saturated rings. The standard InChI is InChI=1S/C73H46N2/c1-2-20-51(21-3-1)75-69-34-15-11-28-61(69)62-42-38-50(45-71(62)75)49-19-16-18-48(44-49)47-36-39-52(40-37-47)74(70-35-17-30-64-56-23-5-4-22-54(56)55-24-6-7-29-63(55)72(64)70)53-41-43-60-59-27-10-14-33-67(59)73(68(60)46-53)65-31-12-8-25-57(65)58-26-9-13-32-66(58)73/h1-46H. The maximum Gasteiger partial charge on any atom is 0.0726 e. The zero-order valence-corrected chi connectivity index (χ0v) is 41.0. The van der Waals surface area contributed by atoms with E-state index in [1.165, 1.54) is 115 Å². The van der Waals surface area contributed by atoms with Crippen LogP contribution < -0.4 is 4.90 Å². The van der Waals surface area contributed by atoms with Crippen LogP contribution in [0.15, 0.2) is 279 Å². The van der Waals surface area contributed by atoms with Gasteiger partial charge in [0.1, 0.15) is 0 Å². The zero-order valence-electron chi connectivity index (χ0n) is 41.0. The molecular weight excluding hydrogens is 905 g/mol. The Balaban J connectivity index is 0.882. The summed E-state index contributed by atoms with van der Waals surface area (Å²) >= 11 is 0. The van der Waals surface area contributed by atoms with Crippen LogP contribution in [0.3, 0.4) is 0 Å². The topological polar surface area (TPSA) is 8.17 Å². The van der Waals surface area contributed by atoms with Crippen molar-refractivity contribution in [3.8, 4) is 50.2 Å². The second-order valence-corrected chi connectivity index (χ2v) is 20.3. The minimum absolute atomic E-state index is 0.472. The lowest BCUT2D eigenvalue weighted by Gasteiger charge is -2.32. The van der Waals surface area contributed by atoms with Crippen molar-refractivity contribution < 1.29 is 0 Å². The molecule has 0 saturated carbocycles. The maximum absolute atomic E-state index is 2.52. The summed E-state index contributed by atoms with van der Waals surface area (Å²) in [5, 5.41) is 10.0. The third-order valence-electron chi connectivity index (χ3n) is 16.6. The van der Waals surface area contributed by atoms with Gasteiger partial charge < -0.3 is 9.47 Å². The summed E-state index contributed by atoms with van der Waals surface area (Å²) in [7, 11) is 0. The van der Waals surface area contributed by atoms with Gasteiger partial charge in [0.05, 0.1) is 22.1 Å². The molecule has 0 atom stereocenters. The van der Waals surface area contributed by atoms with Crippen molar-refractivity contribution in [3.05, 3.63) is 301 Å². The molecule has 0 N–H and O–H groups in total. The molecule has 348 valence electrons. The molecular formula is C73H46N2. The highest BCUT2D eigenvalue weighted by Gasteiger charge is 2.51. The van der Waals surface area contributed by atoms with Crippen LogP contribution in [0.5, 0.6) is 0 Å². The average molecular weight is 951 g/mol. The molecule has 1 spiro atoms. The fourth-order valence-electron chi connectivity index (χ4n) is 13.5. The Hall–Kier alpha value is -9.76. The average Bonchev–Trinajstić information content (AvgIpc) is 4.27. The van der Waals surface area contributed by atoms with Gasteiger partial charge in [0.15, 0.2) is 0 Å². The molecule has 0 unspecified atom stereocenters. The van der Waals surface area contributed by atoms with E-state index >= 15 is 0 Å².